The van der Waals surface area contributed by atoms with Crippen LogP contribution in [0.15, 0.2) is 33.2 Å². The monoisotopic (exact) mass is 223 g/mol. The molecular weight excluding hydrogens is 218 g/mol. The van der Waals surface area contributed by atoms with Gasteiger partial charge in [-0.25, -0.2) is 4.98 Å². The van der Waals surface area contributed by atoms with Crippen molar-refractivity contribution in [1.29, 1.82) is 0 Å². The molecule has 2 heterocycles. The Morgan fingerprint density at radius 1 is 1.43 bits per heavy atom. The van der Waals surface area contributed by atoms with Crippen LogP contribution in [0, 0.1) is 0 Å². The maximum Gasteiger partial charge on any atom is 0.180 e. The van der Waals surface area contributed by atoms with Crippen LogP contribution in [0.2, 0.25) is 0 Å². The van der Waals surface area contributed by atoms with E-state index in [1.54, 1.807) is 17.6 Å². The molecule has 0 atom stereocenters. The summed E-state index contributed by atoms with van der Waals surface area (Å²) in [5.74, 6) is 0. The van der Waals surface area contributed by atoms with Gasteiger partial charge in [0.2, 0.25) is 0 Å². The molecule has 0 aliphatic heterocycles. The second-order valence-corrected chi connectivity index (χ2v) is 4.46. The minimum atomic E-state index is 0.576. The number of hydrogen-bond acceptors (Lipinski definition) is 6. The molecule has 0 saturated heterocycles. The van der Waals surface area contributed by atoms with Crippen LogP contribution >= 0.6 is 23.1 Å². The van der Waals surface area contributed by atoms with E-state index in [0.29, 0.717) is 5.56 Å². The van der Waals surface area contributed by atoms with Gasteiger partial charge in [-0.3, -0.25) is 4.79 Å². The van der Waals surface area contributed by atoms with E-state index < -0.39 is 0 Å². The number of carbonyl (C=O) groups excluding carboxylic acids is 1. The minimum absolute atomic E-state index is 0.576. The Labute approximate surface area is 88.4 Å². The summed E-state index contributed by atoms with van der Waals surface area (Å²) in [5, 5.41) is 8.40. The molecule has 2 aromatic heterocycles. The topological polar surface area (TPSA) is 55.7 Å². The third-order valence-electron chi connectivity index (χ3n) is 1.43. The molecule has 70 valence electrons. The summed E-state index contributed by atoms with van der Waals surface area (Å²) in [4.78, 5) is 14.5. The Morgan fingerprint density at radius 2 is 2.36 bits per heavy atom. The molecule has 2 aromatic rings. The molecule has 0 radical (unpaired) electrons. The zero-order valence-electron chi connectivity index (χ0n) is 6.95. The van der Waals surface area contributed by atoms with Crippen LogP contribution in [0.4, 0.5) is 0 Å². The van der Waals surface area contributed by atoms with E-state index in [-0.39, 0.29) is 0 Å². The van der Waals surface area contributed by atoms with Gasteiger partial charge in [-0.2, -0.15) is 0 Å². The van der Waals surface area contributed by atoms with Gasteiger partial charge in [-0.15, -0.1) is 10.2 Å². The Bertz CT molecular complexity index is 413. The van der Waals surface area contributed by atoms with Gasteiger partial charge in [-0.05, 0) is 23.9 Å². The molecule has 0 unspecified atom stereocenters. The maximum atomic E-state index is 10.4. The highest BCUT2D eigenvalue weighted by molar-refractivity contribution is 8.00. The van der Waals surface area contributed by atoms with Gasteiger partial charge in [0.05, 0.1) is 0 Å². The Morgan fingerprint density at radius 3 is 2.93 bits per heavy atom. The summed E-state index contributed by atoms with van der Waals surface area (Å²) in [5.41, 5.74) is 2.24. The lowest BCUT2D eigenvalue weighted by atomic mass is 10.3. The molecule has 0 N–H and O–H groups in total. The van der Waals surface area contributed by atoms with Gasteiger partial charge >= 0.3 is 0 Å². The highest BCUT2D eigenvalue weighted by Crippen LogP contribution is 2.26. The predicted octanol–water partition coefficient (Wildman–Crippen LogP) is 1.90. The van der Waals surface area contributed by atoms with Crippen molar-refractivity contribution in [2.24, 2.45) is 0 Å². The van der Waals surface area contributed by atoms with E-state index in [9.17, 15) is 4.79 Å². The van der Waals surface area contributed by atoms with E-state index in [1.165, 1.54) is 29.3 Å². The van der Waals surface area contributed by atoms with Crippen LogP contribution in [0.25, 0.3) is 0 Å². The first-order valence-corrected chi connectivity index (χ1v) is 5.43. The van der Waals surface area contributed by atoms with E-state index in [4.69, 9.17) is 0 Å². The summed E-state index contributed by atoms with van der Waals surface area (Å²) in [6, 6.07) is 3.51. The fourth-order valence-corrected chi connectivity index (χ4v) is 2.18. The average molecular weight is 223 g/mol. The summed E-state index contributed by atoms with van der Waals surface area (Å²) in [6.45, 7) is 0. The predicted molar refractivity (Wildman–Crippen MR) is 53.7 cm³/mol. The highest BCUT2D eigenvalue weighted by atomic mass is 32.2. The van der Waals surface area contributed by atoms with Crippen molar-refractivity contribution < 1.29 is 4.79 Å². The first-order valence-electron chi connectivity index (χ1n) is 3.74. The lowest BCUT2D eigenvalue weighted by molar-refractivity contribution is 0.112. The molecule has 6 heteroatoms. The third-order valence-corrected chi connectivity index (χ3v) is 3.16. The minimum Gasteiger partial charge on any atom is -0.298 e. The van der Waals surface area contributed by atoms with E-state index in [0.717, 1.165) is 15.7 Å². The van der Waals surface area contributed by atoms with Crippen LogP contribution in [0.1, 0.15) is 10.4 Å². The second kappa shape index (κ2) is 4.30. The molecule has 0 fully saturated rings. The zero-order chi connectivity index (χ0) is 9.80. The number of nitrogens with zero attached hydrogens (tertiary/aromatic N) is 3. The Balaban J connectivity index is 2.14. The normalized spacial score (nSPS) is 10.0. The quantitative estimate of drug-likeness (QED) is 0.744. The van der Waals surface area contributed by atoms with Gasteiger partial charge < -0.3 is 0 Å². The molecular formula is C8H5N3OS2. The van der Waals surface area contributed by atoms with E-state index in [2.05, 4.69) is 15.2 Å². The third kappa shape index (κ3) is 2.15. The number of aldehydes is 1. The van der Waals surface area contributed by atoms with Crippen LogP contribution in [-0.2, 0) is 0 Å². The van der Waals surface area contributed by atoms with Crippen molar-refractivity contribution in [3.8, 4) is 0 Å². The molecule has 0 aliphatic carbocycles. The fraction of sp³-hybridized carbons (Fsp3) is 0. The van der Waals surface area contributed by atoms with Crippen LogP contribution in [0.3, 0.4) is 0 Å². The average Bonchev–Trinajstić information content (AvgIpc) is 2.72. The summed E-state index contributed by atoms with van der Waals surface area (Å²) < 4.78 is 0.844. The van der Waals surface area contributed by atoms with Gasteiger partial charge in [0.25, 0.3) is 0 Å². The lowest BCUT2D eigenvalue weighted by Crippen LogP contribution is -1.83. The molecule has 0 aliphatic rings. The van der Waals surface area contributed by atoms with Crippen molar-refractivity contribution in [3.05, 3.63) is 29.4 Å². The molecule has 0 amide bonds. The SMILES string of the molecule is O=Cc1ccc(Sc2nncs2)nc1. The van der Waals surface area contributed by atoms with Gasteiger partial charge in [0.15, 0.2) is 10.6 Å². The van der Waals surface area contributed by atoms with Crippen molar-refractivity contribution in [1.82, 2.24) is 15.2 Å². The number of hydrogen-bond donors (Lipinski definition) is 0. The fourth-order valence-electron chi connectivity index (χ4n) is 0.819. The van der Waals surface area contributed by atoms with Crippen LogP contribution < -0.4 is 0 Å². The van der Waals surface area contributed by atoms with Gasteiger partial charge in [0.1, 0.15) is 10.5 Å². The molecule has 0 aromatic carbocycles. The smallest absolute Gasteiger partial charge is 0.180 e. The van der Waals surface area contributed by atoms with E-state index in [1.807, 2.05) is 0 Å². The number of rotatable bonds is 3. The van der Waals surface area contributed by atoms with Crippen molar-refractivity contribution >= 4 is 29.4 Å². The molecule has 0 bridgehead atoms. The number of carbonyl (C=O) groups is 1. The Hall–Kier alpha value is -1.27. The zero-order valence-corrected chi connectivity index (χ0v) is 8.59. The first kappa shape index (κ1) is 9.29. The second-order valence-electron chi connectivity index (χ2n) is 2.35. The number of aromatic nitrogens is 3. The molecule has 0 saturated carbocycles. The van der Waals surface area contributed by atoms with Crippen molar-refractivity contribution in [3.63, 3.8) is 0 Å². The molecule has 0 spiro atoms. The van der Waals surface area contributed by atoms with Gasteiger partial charge in [-0.1, -0.05) is 11.3 Å². The van der Waals surface area contributed by atoms with Crippen LogP contribution in [0.5, 0.6) is 0 Å². The molecule has 14 heavy (non-hydrogen) atoms. The Kier molecular flexibility index (Phi) is 2.85. The first-order chi connectivity index (χ1) is 6.88. The summed E-state index contributed by atoms with van der Waals surface area (Å²) in [7, 11) is 0. The van der Waals surface area contributed by atoms with E-state index >= 15 is 0 Å². The largest absolute Gasteiger partial charge is 0.298 e. The van der Waals surface area contributed by atoms with Crippen LogP contribution in [-0.4, -0.2) is 21.5 Å². The highest BCUT2D eigenvalue weighted by Gasteiger charge is 2.01. The van der Waals surface area contributed by atoms with Crippen molar-refractivity contribution in [2.45, 2.75) is 9.37 Å². The lowest BCUT2D eigenvalue weighted by Gasteiger charge is -1.95. The molecule has 4 nitrogen and oxygen atoms in total. The molecule has 2 rings (SSSR count). The van der Waals surface area contributed by atoms with Gasteiger partial charge in [0, 0.05) is 11.8 Å². The van der Waals surface area contributed by atoms with Crippen molar-refractivity contribution in [2.75, 3.05) is 0 Å². The standard InChI is InChI=1S/C8H5N3OS2/c12-4-6-1-2-7(9-3-6)14-8-11-10-5-13-8/h1-5H. The summed E-state index contributed by atoms with van der Waals surface area (Å²) in [6.07, 6.45) is 2.31. The number of pyridine rings is 1. The maximum absolute atomic E-state index is 10.4. The summed E-state index contributed by atoms with van der Waals surface area (Å²) >= 11 is 2.89.